The second-order valence-electron chi connectivity index (χ2n) is 7.21. The molecule has 0 saturated carbocycles. The molecule has 1 saturated heterocycles. The standard InChI is InChI=1S/C20H29N5O/c1-3-4-12-23(2)16-17-10-13-24(14-11-17)20(26)19-15-21-25(22-19)18-8-6-5-7-9-18/h5-9,15,17H,3-4,10-14,16H2,1-2H3. The molecule has 1 aromatic carbocycles. The zero-order chi connectivity index (χ0) is 18.4. The molecule has 2 aromatic rings. The number of hydrogen-bond donors (Lipinski definition) is 0. The van der Waals surface area contributed by atoms with Gasteiger partial charge in [0, 0.05) is 19.6 Å². The summed E-state index contributed by atoms with van der Waals surface area (Å²) in [4.78, 5) is 18.6. The van der Waals surface area contributed by atoms with Crippen LogP contribution in [0, 0.1) is 5.92 Å². The first kappa shape index (κ1) is 18.6. The van der Waals surface area contributed by atoms with Crippen LogP contribution in [0.15, 0.2) is 36.5 Å². The average molecular weight is 355 g/mol. The van der Waals surface area contributed by atoms with E-state index in [1.807, 2.05) is 35.2 Å². The molecule has 0 atom stereocenters. The number of aromatic nitrogens is 3. The van der Waals surface area contributed by atoms with Gasteiger partial charge in [-0.15, -0.1) is 5.10 Å². The van der Waals surface area contributed by atoms with Gasteiger partial charge in [0.15, 0.2) is 5.69 Å². The van der Waals surface area contributed by atoms with Crippen LogP contribution in [0.3, 0.4) is 0 Å². The van der Waals surface area contributed by atoms with Gasteiger partial charge < -0.3 is 9.80 Å². The summed E-state index contributed by atoms with van der Waals surface area (Å²) >= 11 is 0. The fourth-order valence-electron chi connectivity index (χ4n) is 3.49. The molecule has 6 nitrogen and oxygen atoms in total. The van der Waals surface area contributed by atoms with E-state index in [0.717, 1.165) is 44.7 Å². The van der Waals surface area contributed by atoms with Crippen molar-refractivity contribution in [3.8, 4) is 5.69 Å². The molecule has 1 aliphatic rings. The van der Waals surface area contributed by atoms with E-state index in [-0.39, 0.29) is 5.91 Å². The predicted octanol–water partition coefficient (Wildman–Crippen LogP) is 2.85. The Bertz CT molecular complexity index is 691. The quantitative estimate of drug-likeness (QED) is 0.766. The Morgan fingerprint density at radius 3 is 2.65 bits per heavy atom. The smallest absolute Gasteiger partial charge is 0.276 e. The lowest BCUT2D eigenvalue weighted by Crippen LogP contribution is -2.41. The monoisotopic (exact) mass is 355 g/mol. The molecule has 140 valence electrons. The zero-order valence-corrected chi connectivity index (χ0v) is 15.8. The van der Waals surface area contributed by atoms with E-state index in [9.17, 15) is 4.79 Å². The van der Waals surface area contributed by atoms with Gasteiger partial charge >= 0.3 is 0 Å². The summed E-state index contributed by atoms with van der Waals surface area (Å²) in [6.45, 7) is 6.14. The molecule has 1 fully saturated rings. The lowest BCUT2D eigenvalue weighted by molar-refractivity contribution is 0.0667. The molecule has 0 unspecified atom stereocenters. The molecule has 3 rings (SSSR count). The summed E-state index contributed by atoms with van der Waals surface area (Å²) < 4.78 is 0. The molecule has 0 aliphatic carbocycles. The summed E-state index contributed by atoms with van der Waals surface area (Å²) in [6, 6.07) is 9.66. The minimum absolute atomic E-state index is 0.00929. The fourth-order valence-corrected chi connectivity index (χ4v) is 3.49. The first-order valence-corrected chi connectivity index (χ1v) is 9.63. The van der Waals surface area contributed by atoms with Gasteiger partial charge in [-0.05, 0) is 50.9 Å². The van der Waals surface area contributed by atoms with Gasteiger partial charge in [-0.1, -0.05) is 31.5 Å². The Balaban J connectivity index is 1.52. The Hall–Kier alpha value is -2.21. The number of amides is 1. The Labute approximate surface area is 155 Å². The number of para-hydroxylation sites is 1. The van der Waals surface area contributed by atoms with Crippen LogP contribution in [0.4, 0.5) is 0 Å². The molecule has 1 aromatic heterocycles. The second kappa shape index (κ2) is 8.94. The summed E-state index contributed by atoms with van der Waals surface area (Å²) in [7, 11) is 2.20. The molecule has 0 N–H and O–H groups in total. The molecule has 1 aliphatic heterocycles. The Morgan fingerprint density at radius 1 is 1.23 bits per heavy atom. The van der Waals surface area contributed by atoms with Gasteiger partial charge in [-0.2, -0.15) is 9.90 Å². The molecule has 2 heterocycles. The van der Waals surface area contributed by atoms with Crippen LogP contribution in [0.5, 0.6) is 0 Å². The molecule has 0 bridgehead atoms. The Kier molecular flexibility index (Phi) is 6.39. The van der Waals surface area contributed by atoms with Crippen molar-refractivity contribution in [2.45, 2.75) is 32.6 Å². The SMILES string of the molecule is CCCCN(C)CC1CCN(C(=O)c2cnn(-c3ccccc3)n2)CC1. The fraction of sp³-hybridized carbons (Fsp3) is 0.550. The van der Waals surface area contributed by atoms with Gasteiger partial charge in [-0.3, -0.25) is 4.79 Å². The number of hydrogen-bond acceptors (Lipinski definition) is 4. The van der Waals surface area contributed by atoms with Crippen LogP contribution in [0.1, 0.15) is 43.1 Å². The van der Waals surface area contributed by atoms with Gasteiger partial charge in [0.2, 0.25) is 0 Å². The molecular formula is C20H29N5O. The van der Waals surface area contributed by atoms with Crippen molar-refractivity contribution in [1.29, 1.82) is 0 Å². The van der Waals surface area contributed by atoms with Gasteiger partial charge in [-0.25, -0.2) is 0 Å². The number of nitrogens with zero attached hydrogens (tertiary/aromatic N) is 5. The lowest BCUT2D eigenvalue weighted by Gasteiger charge is -2.33. The van der Waals surface area contributed by atoms with E-state index in [0.29, 0.717) is 11.6 Å². The molecular weight excluding hydrogens is 326 g/mol. The number of piperidine rings is 1. The zero-order valence-electron chi connectivity index (χ0n) is 15.8. The van der Waals surface area contributed by atoms with Crippen LogP contribution in [-0.2, 0) is 0 Å². The van der Waals surface area contributed by atoms with Gasteiger partial charge in [0.1, 0.15) is 0 Å². The van der Waals surface area contributed by atoms with E-state index in [1.54, 1.807) is 6.20 Å². The van der Waals surface area contributed by atoms with E-state index in [4.69, 9.17) is 0 Å². The summed E-state index contributed by atoms with van der Waals surface area (Å²) in [5, 5.41) is 8.60. The maximum atomic E-state index is 12.7. The van der Waals surface area contributed by atoms with Crippen molar-refractivity contribution in [3.63, 3.8) is 0 Å². The van der Waals surface area contributed by atoms with E-state index < -0.39 is 0 Å². The normalized spacial score (nSPS) is 15.6. The summed E-state index contributed by atoms with van der Waals surface area (Å²) in [5.74, 6) is 0.672. The Morgan fingerprint density at radius 2 is 1.96 bits per heavy atom. The number of carbonyl (C=O) groups excluding carboxylic acids is 1. The third-order valence-electron chi connectivity index (χ3n) is 5.06. The first-order chi connectivity index (χ1) is 12.7. The summed E-state index contributed by atoms with van der Waals surface area (Å²) in [5.41, 5.74) is 1.28. The number of rotatable bonds is 7. The number of unbranched alkanes of at least 4 members (excludes halogenated alkanes) is 1. The van der Waals surface area contributed by atoms with Gasteiger partial charge in [0.25, 0.3) is 5.91 Å². The van der Waals surface area contributed by atoms with Crippen molar-refractivity contribution in [3.05, 3.63) is 42.2 Å². The molecule has 1 amide bonds. The predicted molar refractivity (Wildman–Crippen MR) is 102 cm³/mol. The van der Waals surface area contributed by atoms with Crippen molar-refractivity contribution < 1.29 is 4.79 Å². The van der Waals surface area contributed by atoms with Crippen LogP contribution >= 0.6 is 0 Å². The molecule has 6 heteroatoms. The third-order valence-corrected chi connectivity index (χ3v) is 5.06. The largest absolute Gasteiger partial charge is 0.337 e. The van der Waals surface area contributed by atoms with Crippen molar-refractivity contribution in [2.75, 3.05) is 33.2 Å². The van der Waals surface area contributed by atoms with Crippen LogP contribution in [0.2, 0.25) is 0 Å². The maximum Gasteiger partial charge on any atom is 0.276 e. The highest BCUT2D eigenvalue weighted by Gasteiger charge is 2.26. The molecule has 0 spiro atoms. The number of likely N-dealkylation sites (tertiary alicyclic amines) is 1. The highest BCUT2D eigenvalue weighted by molar-refractivity contribution is 5.92. The number of carbonyl (C=O) groups is 1. The average Bonchev–Trinajstić information content (AvgIpc) is 3.17. The molecule has 0 radical (unpaired) electrons. The minimum Gasteiger partial charge on any atom is -0.337 e. The lowest BCUT2D eigenvalue weighted by atomic mass is 9.96. The second-order valence-corrected chi connectivity index (χ2v) is 7.21. The topological polar surface area (TPSA) is 54.3 Å². The number of benzene rings is 1. The van der Waals surface area contributed by atoms with Crippen molar-refractivity contribution in [1.82, 2.24) is 24.8 Å². The first-order valence-electron chi connectivity index (χ1n) is 9.63. The van der Waals surface area contributed by atoms with E-state index >= 15 is 0 Å². The van der Waals surface area contributed by atoms with Gasteiger partial charge in [0.05, 0.1) is 11.9 Å². The highest BCUT2D eigenvalue weighted by Crippen LogP contribution is 2.19. The maximum absolute atomic E-state index is 12.7. The van der Waals surface area contributed by atoms with Crippen LogP contribution < -0.4 is 0 Å². The molecule has 26 heavy (non-hydrogen) atoms. The van der Waals surface area contributed by atoms with Crippen molar-refractivity contribution >= 4 is 5.91 Å². The summed E-state index contributed by atoms with van der Waals surface area (Å²) in [6.07, 6.45) is 6.19. The van der Waals surface area contributed by atoms with Crippen LogP contribution in [-0.4, -0.2) is 63.9 Å². The van der Waals surface area contributed by atoms with Crippen molar-refractivity contribution in [2.24, 2.45) is 5.92 Å². The van der Waals surface area contributed by atoms with Crippen LogP contribution in [0.25, 0.3) is 5.69 Å². The van der Waals surface area contributed by atoms with E-state index in [2.05, 4.69) is 29.1 Å². The highest BCUT2D eigenvalue weighted by atomic mass is 16.2. The van der Waals surface area contributed by atoms with E-state index in [1.165, 1.54) is 17.6 Å². The minimum atomic E-state index is -0.00929. The third kappa shape index (κ3) is 4.69.